The lowest BCUT2D eigenvalue weighted by Gasteiger charge is -2.17. The van der Waals surface area contributed by atoms with Crippen LogP contribution in [0.2, 0.25) is 0 Å². The van der Waals surface area contributed by atoms with Gasteiger partial charge >= 0.3 is 0 Å². The first kappa shape index (κ1) is 23.1. The lowest BCUT2D eigenvalue weighted by Crippen LogP contribution is -2.36. The SMILES string of the molecule is COc1cc(C(=O)NC(C)COc2cccc3nc(C)cc(N)c23)ccc1OCCCO. The number of nitrogen functional groups attached to an aromatic ring is 1. The molecule has 1 unspecified atom stereocenters. The van der Waals surface area contributed by atoms with Crippen LogP contribution in [0.15, 0.2) is 42.5 Å². The van der Waals surface area contributed by atoms with Gasteiger partial charge in [-0.3, -0.25) is 9.78 Å². The highest BCUT2D eigenvalue weighted by Gasteiger charge is 2.15. The van der Waals surface area contributed by atoms with Crippen LogP contribution in [0.3, 0.4) is 0 Å². The molecule has 0 aliphatic rings. The molecule has 0 saturated carbocycles. The molecule has 0 spiro atoms. The van der Waals surface area contributed by atoms with Crippen molar-refractivity contribution in [3.8, 4) is 17.2 Å². The molecule has 1 heterocycles. The maximum absolute atomic E-state index is 12.7. The van der Waals surface area contributed by atoms with Crippen LogP contribution in [0, 0.1) is 6.92 Å². The molecule has 2 aromatic carbocycles. The number of aryl methyl sites for hydroxylation is 1. The number of carbonyl (C=O) groups is 1. The molecule has 1 atom stereocenters. The molecule has 8 heteroatoms. The van der Waals surface area contributed by atoms with Gasteiger partial charge in [-0.2, -0.15) is 0 Å². The van der Waals surface area contributed by atoms with Gasteiger partial charge in [0.2, 0.25) is 0 Å². The molecule has 0 saturated heterocycles. The standard InChI is InChI=1S/C24H29N3O5/c1-15-12-18(25)23-19(26-15)6-4-7-21(23)32-14-16(2)27-24(29)17-8-9-20(22(13-17)30-3)31-11-5-10-28/h4,6-9,12-13,16,28H,5,10-11,14H2,1-3H3,(H2,25,26)(H,27,29). The van der Waals surface area contributed by atoms with Crippen molar-refractivity contribution in [1.29, 1.82) is 0 Å². The van der Waals surface area contributed by atoms with E-state index in [-0.39, 0.29) is 25.2 Å². The minimum Gasteiger partial charge on any atom is -0.493 e. The summed E-state index contributed by atoms with van der Waals surface area (Å²) in [6.45, 7) is 4.42. The van der Waals surface area contributed by atoms with Crippen molar-refractivity contribution < 1.29 is 24.1 Å². The third-order valence-electron chi connectivity index (χ3n) is 4.81. The number of methoxy groups -OCH3 is 1. The number of benzene rings is 2. The van der Waals surface area contributed by atoms with Crippen molar-refractivity contribution in [2.45, 2.75) is 26.3 Å². The van der Waals surface area contributed by atoms with Gasteiger partial charge < -0.3 is 30.4 Å². The van der Waals surface area contributed by atoms with Gasteiger partial charge in [-0.15, -0.1) is 0 Å². The molecule has 0 aliphatic carbocycles. The second kappa shape index (κ2) is 10.7. The van der Waals surface area contributed by atoms with Crippen LogP contribution in [0.5, 0.6) is 17.2 Å². The minimum atomic E-state index is -0.260. The number of aliphatic hydroxyl groups is 1. The maximum Gasteiger partial charge on any atom is 0.251 e. The molecule has 0 aliphatic heterocycles. The molecule has 4 N–H and O–H groups in total. The third-order valence-corrected chi connectivity index (χ3v) is 4.81. The molecule has 0 radical (unpaired) electrons. The second-order valence-corrected chi connectivity index (χ2v) is 7.48. The zero-order chi connectivity index (χ0) is 23.1. The molecule has 1 amide bonds. The molecular formula is C24H29N3O5. The van der Waals surface area contributed by atoms with Crippen molar-refractivity contribution in [1.82, 2.24) is 10.3 Å². The summed E-state index contributed by atoms with van der Waals surface area (Å²) in [7, 11) is 1.51. The van der Waals surface area contributed by atoms with E-state index >= 15 is 0 Å². The first-order chi connectivity index (χ1) is 15.4. The van der Waals surface area contributed by atoms with Gasteiger partial charge in [-0.25, -0.2) is 0 Å². The summed E-state index contributed by atoms with van der Waals surface area (Å²) in [6, 6.07) is 12.1. The molecule has 3 rings (SSSR count). The Morgan fingerprint density at radius 2 is 1.97 bits per heavy atom. The molecule has 8 nitrogen and oxygen atoms in total. The Labute approximate surface area is 187 Å². The third kappa shape index (κ3) is 5.59. The van der Waals surface area contributed by atoms with Crippen molar-refractivity contribution in [2.75, 3.05) is 32.7 Å². The molecule has 3 aromatic rings. The van der Waals surface area contributed by atoms with Crippen molar-refractivity contribution in [3.05, 3.63) is 53.7 Å². The summed E-state index contributed by atoms with van der Waals surface area (Å²) in [5.74, 6) is 1.34. The number of amides is 1. The average molecular weight is 440 g/mol. The zero-order valence-electron chi connectivity index (χ0n) is 18.6. The number of anilines is 1. The molecular weight excluding hydrogens is 410 g/mol. The zero-order valence-corrected chi connectivity index (χ0v) is 18.6. The first-order valence-electron chi connectivity index (χ1n) is 10.4. The van der Waals surface area contributed by atoms with E-state index in [0.29, 0.717) is 41.5 Å². The monoisotopic (exact) mass is 439 g/mol. The highest BCUT2D eigenvalue weighted by molar-refractivity contribution is 5.96. The summed E-state index contributed by atoms with van der Waals surface area (Å²) < 4.78 is 16.9. The number of aliphatic hydroxyl groups excluding tert-OH is 1. The molecule has 0 fully saturated rings. The Bertz CT molecular complexity index is 1090. The van der Waals surface area contributed by atoms with Crippen LogP contribution in [0.4, 0.5) is 5.69 Å². The summed E-state index contributed by atoms with van der Waals surface area (Å²) in [5, 5.41) is 12.6. The lowest BCUT2D eigenvalue weighted by molar-refractivity contribution is 0.0926. The van der Waals surface area contributed by atoms with Gasteiger partial charge in [0.1, 0.15) is 12.4 Å². The first-order valence-corrected chi connectivity index (χ1v) is 10.4. The average Bonchev–Trinajstić information content (AvgIpc) is 2.77. The van der Waals surface area contributed by atoms with Crippen molar-refractivity contribution in [3.63, 3.8) is 0 Å². The predicted octanol–water partition coefficient (Wildman–Crippen LogP) is 3.09. The number of pyridine rings is 1. The molecule has 0 bridgehead atoms. The number of rotatable bonds is 10. The fourth-order valence-corrected chi connectivity index (χ4v) is 3.28. The van der Waals surface area contributed by atoms with Crippen LogP contribution in [-0.4, -0.2) is 49.0 Å². The summed E-state index contributed by atoms with van der Waals surface area (Å²) in [6.07, 6.45) is 0.515. The van der Waals surface area contributed by atoms with E-state index in [9.17, 15) is 4.79 Å². The smallest absolute Gasteiger partial charge is 0.251 e. The van der Waals surface area contributed by atoms with Gasteiger partial charge in [-0.05, 0) is 50.2 Å². The van der Waals surface area contributed by atoms with Crippen molar-refractivity contribution >= 4 is 22.5 Å². The summed E-state index contributed by atoms with van der Waals surface area (Å²) >= 11 is 0. The Hall–Kier alpha value is -3.52. The van der Waals surface area contributed by atoms with E-state index in [4.69, 9.17) is 25.1 Å². The molecule has 1 aromatic heterocycles. The van der Waals surface area contributed by atoms with Crippen LogP contribution >= 0.6 is 0 Å². The van der Waals surface area contributed by atoms with E-state index in [1.165, 1.54) is 7.11 Å². The lowest BCUT2D eigenvalue weighted by atomic mass is 10.1. The Balaban J connectivity index is 1.64. The van der Waals surface area contributed by atoms with E-state index in [1.807, 2.05) is 38.1 Å². The highest BCUT2D eigenvalue weighted by atomic mass is 16.5. The number of nitrogens with two attached hydrogens (primary N) is 1. The number of nitrogens with one attached hydrogen (secondary N) is 1. The number of hydrogen-bond donors (Lipinski definition) is 3. The van der Waals surface area contributed by atoms with Crippen molar-refractivity contribution in [2.24, 2.45) is 0 Å². The predicted molar refractivity (Wildman–Crippen MR) is 124 cm³/mol. The number of hydrogen-bond acceptors (Lipinski definition) is 7. The van der Waals surface area contributed by atoms with Crippen LogP contribution < -0.4 is 25.3 Å². The normalized spacial score (nSPS) is 11.8. The summed E-state index contributed by atoms with van der Waals surface area (Å²) in [4.78, 5) is 17.2. The van der Waals surface area contributed by atoms with Gasteiger partial charge in [0.05, 0.1) is 30.7 Å². The van der Waals surface area contributed by atoms with E-state index in [1.54, 1.807) is 18.2 Å². The van der Waals surface area contributed by atoms with Gasteiger partial charge in [0.15, 0.2) is 11.5 Å². The van der Waals surface area contributed by atoms with Gasteiger partial charge in [-0.1, -0.05) is 6.07 Å². The fourth-order valence-electron chi connectivity index (χ4n) is 3.28. The molecule has 170 valence electrons. The number of ether oxygens (including phenoxy) is 3. The van der Waals surface area contributed by atoms with Crippen LogP contribution in [0.25, 0.3) is 10.9 Å². The maximum atomic E-state index is 12.7. The quantitative estimate of drug-likeness (QED) is 0.416. The topological polar surface area (TPSA) is 116 Å². The van der Waals surface area contributed by atoms with E-state index in [0.717, 1.165) is 16.6 Å². The highest BCUT2D eigenvalue weighted by Crippen LogP contribution is 2.30. The Morgan fingerprint density at radius 1 is 1.16 bits per heavy atom. The largest absolute Gasteiger partial charge is 0.493 e. The van der Waals surface area contributed by atoms with E-state index in [2.05, 4.69) is 10.3 Å². The van der Waals surface area contributed by atoms with Crippen LogP contribution in [0.1, 0.15) is 29.4 Å². The van der Waals surface area contributed by atoms with E-state index < -0.39 is 0 Å². The number of aromatic nitrogens is 1. The Kier molecular flexibility index (Phi) is 7.72. The van der Waals surface area contributed by atoms with Gasteiger partial charge in [0, 0.05) is 30.0 Å². The Morgan fingerprint density at radius 3 is 2.72 bits per heavy atom. The summed E-state index contributed by atoms with van der Waals surface area (Å²) in [5.41, 5.74) is 8.83. The van der Waals surface area contributed by atoms with Gasteiger partial charge in [0.25, 0.3) is 5.91 Å². The fraction of sp³-hybridized carbons (Fsp3) is 0.333. The second-order valence-electron chi connectivity index (χ2n) is 7.48. The number of fused-ring (bicyclic) bond motifs is 1. The molecule has 32 heavy (non-hydrogen) atoms. The number of carbonyl (C=O) groups excluding carboxylic acids is 1. The number of nitrogens with zero attached hydrogens (tertiary/aromatic N) is 1. The minimum absolute atomic E-state index is 0.0459. The van der Waals surface area contributed by atoms with Crippen LogP contribution in [-0.2, 0) is 0 Å².